The molecule has 0 bridgehead atoms. The first kappa shape index (κ1) is 18.2. The van der Waals surface area contributed by atoms with Gasteiger partial charge in [0.15, 0.2) is 0 Å². The van der Waals surface area contributed by atoms with Crippen LogP contribution >= 0.6 is 10.0 Å². The summed E-state index contributed by atoms with van der Waals surface area (Å²) in [5.74, 6) is 1.57. The summed E-state index contributed by atoms with van der Waals surface area (Å²) < 4.78 is 0.223. The molecule has 1 fully saturated rings. The summed E-state index contributed by atoms with van der Waals surface area (Å²) >= 11 is 0. The summed E-state index contributed by atoms with van der Waals surface area (Å²) in [6.45, 7) is 14.1. The molecule has 142 valence electrons. The Hall–Kier alpha value is -1.22. The van der Waals surface area contributed by atoms with Crippen molar-refractivity contribution < 1.29 is 0 Å². The van der Waals surface area contributed by atoms with Gasteiger partial charge in [-0.25, -0.2) is 0 Å². The lowest BCUT2D eigenvalue weighted by molar-refractivity contribution is 0.346. The van der Waals surface area contributed by atoms with E-state index in [1.807, 2.05) is 0 Å². The molecule has 0 aromatic heterocycles. The van der Waals surface area contributed by atoms with Gasteiger partial charge in [-0.05, 0) is 44.7 Å². The highest BCUT2D eigenvalue weighted by Crippen LogP contribution is 2.85. The van der Waals surface area contributed by atoms with Crippen LogP contribution in [0.4, 0.5) is 5.69 Å². The lowest BCUT2D eigenvalue weighted by atomic mass is 9.83. The third-order valence-corrected chi connectivity index (χ3v) is 11.2. The van der Waals surface area contributed by atoms with Crippen LogP contribution in [0, 0.1) is 11.8 Å². The van der Waals surface area contributed by atoms with E-state index in [0.717, 1.165) is 5.92 Å². The Morgan fingerprint density at radius 1 is 1.12 bits per heavy atom. The van der Waals surface area contributed by atoms with E-state index in [1.165, 1.54) is 36.9 Å². The fourth-order valence-electron chi connectivity index (χ4n) is 5.05. The first-order chi connectivity index (χ1) is 12.2. The largest absolute Gasteiger partial charge is 0.383 e. The fraction of sp³-hybridized carbons (Fsp3) is 0.609. The Bertz CT molecular complexity index is 776. The monoisotopic (exact) mass is 370 g/mol. The van der Waals surface area contributed by atoms with Crippen LogP contribution in [0.25, 0.3) is 4.91 Å². The van der Waals surface area contributed by atoms with Gasteiger partial charge in [0.2, 0.25) is 0 Å². The maximum atomic E-state index is 5.12. The van der Waals surface area contributed by atoms with Gasteiger partial charge < -0.3 is 5.32 Å². The van der Waals surface area contributed by atoms with E-state index < -0.39 is 10.0 Å². The second kappa shape index (κ2) is 6.15. The molecule has 0 amide bonds. The second-order valence-corrected chi connectivity index (χ2v) is 13.4. The molecule has 4 rings (SSSR count). The van der Waals surface area contributed by atoms with Gasteiger partial charge in [0.25, 0.3) is 0 Å². The number of hydrogen-bond donors (Lipinski definition) is 1. The van der Waals surface area contributed by atoms with Gasteiger partial charge in [0, 0.05) is 44.0 Å². The van der Waals surface area contributed by atoms with E-state index in [1.54, 1.807) is 14.8 Å². The molecule has 2 heterocycles. The van der Waals surface area contributed by atoms with E-state index in [4.69, 9.17) is 4.99 Å². The van der Waals surface area contributed by atoms with Crippen LogP contribution in [0.3, 0.4) is 0 Å². The van der Waals surface area contributed by atoms with Crippen LogP contribution in [-0.2, 0) is 0 Å². The minimum atomic E-state index is -1.12. The fourth-order valence-corrected chi connectivity index (χ4v) is 10.0. The van der Waals surface area contributed by atoms with Gasteiger partial charge in [-0.15, -0.1) is 10.0 Å². The summed E-state index contributed by atoms with van der Waals surface area (Å²) in [5, 5.41) is 5.15. The molecule has 0 spiro atoms. The predicted octanol–water partition coefficient (Wildman–Crippen LogP) is 7.02. The lowest BCUT2D eigenvalue weighted by Crippen LogP contribution is -2.39. The molecule has 0 radical (unpaired) electrons. The molecule has 26 heavy (non-hydrogen) atoms. The number of nitrogens with zero attached hydrogens (tertiary/aromatic N) is 1. The van der Waals surface area contributed by atoms with Crippen molar-refractivity contribution in [2.45, 2.75) is 82.9 Å². The Balaban J connectivity index is 1.77. The zero-order valence-corrected chi connectivity index (χ0v) is 18.0. The van der Waals surface area contributed by atoms with Crippen LogP contribution in [0.15, 0.2) is 34.3 Å². The molecule has 1 aromatic carbocycles. The van der Waals surface area contributed by atoms with Gasteiger partial charge in [0.1, 0.15) is 0 Å². The number of hydrogen-bond acceptors (Lipinski definition) is 2. The van der Waals surface area contributed by atoms with Crippen LogP contribution in [0.2, 0.25) is 0 Å². The van der Waals surface area contributed by atoms with Crippen molar-refractivity contribution in [2.75, 3.05) is 5.32 Å². The quantitative estimate of drug-likeness (QED) is 0.607. The van der Waals surface area contributed by atoms with Gasteiger partial charge in [-0.2, -0.15) is 0 Å². The summed E-state index contributed by atoms with van der Waals surface area (Å²) in [6, 6.07) is 7.47. The summed E-state index contributed by atoms with van der Waals surface area (Å²) in [6.07, 6.45) is 7.60. The van der Waals surface area contributed by atoms with Gasteiger partial charge in [-0.1, -0.05) is 46.6 Å². The zero-order chi connectivity index (χ0) is 18.7. The van der Waals surface area contributed by atoms with Crippen molar-refractivity contribution in [1.29, 1.82) is 0 Å². The molecular weight excluding hydrogens is 336 g/mol. The van der Waals surface area contributed by atoms with Crippen molar-refractivity contribution in [2.24, 2.45) is 16.8 Å². The van der Waals surface area contributed by atoms with Crippen LogP contribution in [0.5, 0.6) is 0 Å². The molecule has 0 saturated heterocycles. The Labute approximate surface area is 160 Å². The maximum Gasteiger partial charge on any atom is 0.0679 e. The summed E-state index contributed by atoms with van der Waals surface area (Å²) in [5.41, 5.74) is 2.71. The highest BCUT2D eigenvalue weighted by molar-refractivity contribution is 8.54. The highest BCUT2D eigenvalue weighted by atomic mass is 32.3. The molecule has 1 aliphatic carbocycles. The van der Waals surface area contributed by atoms with E-state index in [9.17, 15) is 0 Å². The average Bonchev–Trinajstić information content (AvgIpc) is 2.89. The highest BCUT2D eigenvalue weighted by Gasteiger charge is 2.57. The topological polar surface area (TPSA) is 24.4 Å². The number of fused-ring (bicyclic) bond motifs is 4. The Morgan fingerprint density at radius 2 is 1.81 bits per heavy atom. The van der Waals surface area contributed by atoms with Gasteiger partial charge >= 0.3 is 0 Å². The second-order valence-electron chi connectivity index (χ2n) is 9.65. The number of aliphatic imine (C=N–C) groups is 1. The minimum Gasteiger partial charge on any atom is -0.383 e. The molecule has 1 saturated carbocycles. The van der Waals surface area contributed by atoms with Crippen molar-refractivity contribution in [3.05, 3.63) is 30.0 Å². The van der Waals surface area contributed by atoms with Crippen molar-refractivity contribution in [3.8, 4) is 0 Å². The third-order valence-electron chi connectivity index (χ3n) is 6.27. The maximum absolute atomic E-state index is 5.12. The Kier molecular flexibility index (Phi) is 4.30. The predicted molar refractivity (Wildman–Crippen MR) is 117 cm³/mol. The van der Waals surface area contributed by atoms with Gasteiger partial charge in [-0.3, -0.25) is 4.99 Å². The molecule has 1 N–H and O–H groups in total. The first-order valence-electron chi connectivity index (χ1n) is 10.3. The van der Waals surface area contributed by atoms with Crippen LogP contribution in [-0.4, -0.2) is 15.8 Å². The smallest absolute Gasteiger partial charge is 0.0679 e. The van der Waals surface area contributed by atoms with Crippen molar-refractivity contribution in [1.82, 2.24) is 0 Å². The van der Waals surface area contributed by atoms with Gasteiger partial charge in [0.05, 0.1) is 5.04 Å². The average molecular weight is 371 g/mol. The third kappa shape index (κ3) is 2.50. The standard InChI is InChI=1S/C23H34N2S/c1-15(2)25-18-11-12-19-20(13-18)26(23(4,5)6)21(19)14-24-22(26)17-9-7-16(3)8-10-17/h11-17,25H,7-10H2,1-6H3. The van der Waals surface area contributed by atoms with E-state index in [0.29, 0.717) is 12.0 Å². The molecule has 1 atom stereocenters. The number of anilines is 1. The zero-order valence-electron chi connectivity index (χ0n) is 17.2. The lowest BCUT2D eigenvalue weighted by Gasteiger charge is -2.59. The van der Waals surface area contributed by atoms with Crippen molar-refractivity contribution in [3.63, 3.8) is 0 Å². The van der Waals surface area contributed by atoms with Crippen LogP contribution < -0.4 is 5.32 Å². The van der Waals surface area contributed by atoms with Crippen LogP contribution in [0.1, 0.15) is 72.8 Å². The summed E-state index contributed by atoms with van der Waals surface area (Å²) in [4.78, 5) is 8.25. The van der Waals surface area contributed by atoms with E-state index >= 15 is 0 Å². The van der Waals surface area contributed by atoms with E-state index in [-0.39, 0.29) is 4.75 Å². The first-order valence-corrected chi connectivity index (χ1v) is 11.9. The Morgan fingerprint density at radius 3 is 2.42 bits per heavy atom. The molecular formula is C23H34N2S. The molecule has 3 heteroatoms. The van der Waals surface area contributed by atoms with Crippen molar-refractivity contribution >= 4 is 25.7 Å². The normalized spacial score (nSPS) is 32.7. The minimum absolute atomic E-state index is 0.223. The molecule has 3 aliphatic rings. The number of nitrogens with one attached hydrogen (secondary N) is 1. The molecule has 1 aromatic rings. The molecule has 1 unspecified atom stereocenters. The SMILES string of the molecule is CC1CCC(C2=NC=C3c4ccc(NC(C)C)cc4S32C(C)(C)C)CC1. The van der Waals surface area contributed by atoms with E-state index in [2.05, 4.69) is 71.3 Å². The number of benzene rings is 1. The summed E-state index contributed by atoms with van der Waals surface area (Å²) in [7, 11) is -1.12. The number of rotatable bonds is 3. The molecule has 2 aliphatic heterocycles. The molecule has 2 nitrogen and oxygen atoms in total.